The molecule has 20 heavy (non-hydrogen) atoms. The molecule has 0 aliphatic carbocycles. The highest BCUT2D eigenvalue weighted by Gasteiger charge is 2.59. The Kier molecular flexibility index (Phi) is 5.37. The molecule has 116 valence electrons. The van der Waals surface area contributed by atoms with Crippen molar-refractivity contribution in [3.63, 3.8) is 0 Å². The summed E-state index contributed by atoms with van der Waals surface area (Å²) >= 11 is 0. The maximum absolute atomic E-state index is 12.7. The molecule has 2 atom stereocenters. The van der Waals surface area contributed by atoms with Gasteiger partial charge in [0.1, 0.15) is 6.04 Å². The second kappa shape index (κ2) is 5.97. The van der Waals surface area contributed by atoms with Crippen LogP contribution in [0.3, 0.4) is 0 Å². The van der Waals surface area contributed by atoms with Crippen LogP contribution in [0.15, 0.2) is 0 Å². The minimum Gasteiger partial charge on any atom is -0.479 e. The van der Waals surface area contributed by atoms with Crippen molar-refractivity contribution in [2.24, 2.45) is 11.7 Å². The number of urea groups is 1. The van der Waals surface area contributed by atoms with Crippen molar-refractivity contribution in [1.82, 2.24) is 10.6 Å². The summed E-state index contributed by atoms with van der Waals surface area (Å²) in [6.07, 6.45) is -5.21. The zero-order valence-corrected chi connectivity index (χ0v) is 11.0. The molecular formula is C10H16F3N3O4. The zero-order chi connectivity index (χ0) is 16.3. The van der Waals surface area contributed by atoms with Crippen LogP contribution in [0.5, 0.6) is 0 Å². The lowest BCUT2D eigenvalue weighted by Gasteiger charge is -2.31. The van der Waals surface area contributed by atoms with E-state index in [0.29, 0.717) is 6.92 Å². The van der Waals surface area contributed by atoms with Gasteiger partial charge in [0.25, 0.3) is 0 Å². The molecule has 0 aliphatic rings. The minimum atomic E-state index is -5.21. The number of carbonyl (C=O) groups excluding carboxylic acids is 2. The van der Waals surface area contributed by atoms with Crippen molar-refractivity contribution in [2.45, 2.75) is 38.5 Å². The Labute approximate surface area is 112 Å². The van der Waals surface area contributed by atoms with Gasteiger partial charge in [0.15, 0.2) is 0 Å². The normalized spacial score (nSPS) is 16.1. The summed E-state index contributed by atoms with van der Waals surface area (Å²) in [5.74, 6) is -4.14. The van der Waals surface area contributed by atoms with Crippen LogP contribution in [0.25, 0.3) is 0 Å². The van der Waals surface area contributed by atoms with Crippen LogP contribution in [0, 0.1) is 5.92 Å². The molecule has 3 amide bonds. The average Bonchev–Trinajstić information content (AvgIpc) is 2.22. The van der Waals surface area contributed by atoms with Gasteiger partial charge in [0.2, 0.25) is 11.4 Å². The van der Waals surface area contributed by atoms with Crippen molar-refractivity contribution in [1.29, 1.82) is 0 Å². The first-order chi connectivity index (χ1) is 8.83. The van der Waals surface area contributed by atoms with Gasteiger partial charge >= 0.3 is 18.2 Å². The first kappa shape index (κ1) is 18.0. The largest absolute Gasteiger partial charge is 0.479 e. The smallest absolute Gasteiger partial charge is 0.422 e. The van der Waals surface area contributed by atoms with E-state index in [-0.39, 0.29) is 0 Å². The third-order valence-electron chi connectivity index (χ3n) is 2.61. The Bertz CT molecular complexity index is 411. The highest BCUT2D eigenvalue weighted by atomic mass is 19.4. The summed E-state index contributed by atoms with van der Waals surface area (Å²) in [6, 6.07) is -2.49. The van der Waals surface area contributed by atoms with Crippen LogP contribution in [0.1, 0.15) is 20.8 Å². The first-order valence-electron chi connectivity index (χ1n) is 5.51. The summed E-state index contributed by atoms with van der Waals surface area (Å²) in [4.78, 5) is 33.2. The summed E-state index contributed by atoms with van der Waals surface area (Å²) in [6.45, 7) is 3.21. The molecule has 0 aromatic heterocycles. The second-order valence-corrected chi connectivity index (χ2v) is 4.65. The number of carboxylic acids is 1. The van der Waals surface area contributed by atoms with Crippen LogP contribution in [-0.2, 0) is 9.59 Å². The molecule has 0 rings (SSSR count). The number of halogens is 3. The quantitative estimate of drug-likeness (QED) is 0.579. The van der Waals surface area contributed by atoms with Crippen LogP contribution in [-0.4, -0.2) is 40.8 Å². The number of alkyl halides is 3. The Morgan fingerprint density at radius 1 is 1.20 bits per heavy atom. The predicted molar refractivity (Wildman–Crippen MR) is 61.6 cm³/mol. The fourth-order valence-electron chi connectivity index (χ4n) is 1.26. The number of rotatable bonds is 5. The van der Waals surface area contributed by atoms with Crippen molar-refractivity contribution >= 4 is 17.9 Å². The molecule has 5 N–H and O–H groups in total. The van der Waals surface area contributed by atoms with Crippen LogP contribution >= 0.6 is 0 Å². The molecule has 2 unspecified atom stereocenters. The molecule has 0 heterocycles. The van der Waals surface area contributed by atoms with Gasteiger partial charge in [-0.1, -0.05) is 13.8 Å². The number of nitrogens with two attached hydrogens (primary N) is 1. The Morgan fingerprint density at radius 2 is 1.65 bits per heavy atom. The van der Waals surface area contributed by atoms with Gasteiger partial charge in [-0.2, -0.15) is 13.2 Å². The van der Waals surface area contributed by atoms with Gasteiger partial charge in [0, 0.05) is 0 Å². The Morgan fingerprint density at radius 3 is 1.90 bits per heavy atom. The highest BCUT2D eigenvalue weighted by Crippen LogP contribution is 2.30. The number of aliphatic carboxylic acids is 1. The SMILES string of the molecule is CC(C)C(NC(N)=O)C(=O)NC(C)(C(=O)O)C(F)(F)F. The van der Waals surface area contributed by atoms with E-state index >= 15 is 0 Å². The summed E-state index contributed by atoms with van der Waals surface area (Å²) in [7, 11) is 0. The zero-order valence-electron chi connectivity index (χ0n) is 11.0. The van der Waals surface area contributed by atoms with E-state index in [1.54, 1.807) is 0 Å². The fourth-order valence-corrected chi connectivity index (χ4v) is 1.26. The average molecular weight is 299 g/mol. The first-order valence-corrected chi connectivity index (χ1v) is 5.51. The maximum atomic E-state index is 12.7. The molecule has 0 saturated carbocycles. The van der Waals surface area contributed by atoms with Crippen LogP contribution in [0.2, 0.25) is 0 Å². The summed E-state index contributed by atoms with van der Waals surface area (Å²) in [5, 5.41) is 12.0. The molecule has 0 aromatic carbocycles. The fraction of sp³-hybridized carbons (Fsp3) is 0.700. The molecule has 10 heteroatoms. The van der Waals surface area contributed by atoms with Gasteiger partial charge in [0.05, 0.1) is 0 Å². The van der Waals surface area contributed by atoms with Crippen molar-refractivity contribution < 1.29 is 32.7 Å². The van der Waals surface area contributed by atoms with E-state index in [9.17, 15) is 27.6 Å². The maximum Gasteiger partial charge on any atom is 0.422 e. The Hall–Kier alpha value is -2.00. The van der Waals surface area contributed by atoms with Gasteiger partial charge in [-0.05, 0) is 12.8 Å². The number of primary amides is 1. The van der Waals surface area contributed by atoms with Crippen molar-refractivity contribution in [3.8, 4) is 0 Å². The summed E-state index contributed by atoms with van der Waals surface area (Å²) in [5.41, 5.74) is 1.35. The number of amides is 3. The van der Waals surface area contributed by atoms with Gasteiger partial charge in [-0.3, -0.25) is 4.79 Å². The minimum absolute atomic E-state index is 0.314. The number of carboxylic acid groups (broad SMARTS) is 1. The molecule has 0 bridgehead atoms. The predicted octanol–water partition coefficient (Wildman–Crippen LogP) is 0.201. The van der Waals surface area contributed by atoms with E-state index in [2.05, 4.69) is 0 Å². The third kappa shape index (κ3) is 4.00. The number of hydrogen-bond donors (Lipinski definition) is 4. The topological polar surface area (TPSA) is 122 Å². The molecule has 0 radical (unpaired) electrons. The lowest BCUT2D eigenvalue weighted by Crippen LogP contribution is -2.65. The number of hydrogen-bond acceptors (Lipinski definition) is 3. The van der Waals surface area contributed by atoms with E-state index in [0.717, 1.165) is 0 Å². The van der Waals surface area contributed by atoms with E-state index in [1.807, 2.05) is 5.32 Å². The third-order valence-corrected chi connectivity index (χ3v) is 2.61. The van der Waals surface area contributed by atoms with Gasteiger partial charge in [-0.25, -0.2) is 9.59 Å². The molecule has 0 spiro atoms. The van der Waals surface area contributed by atoms with Crippen LogP contribution in [0.4, 0.5) is 18.0 Å². The van der Waals surface area contributed by atoms with E-state index in [4.69, 9.17) is 10.8 Å². The molecule has 7 nitrogen and oxygen atoms in total. The lowest BCUT2D eigenvalue weighted by molar-refractivity contribution is -0.207. The number of carbonyl (C=O) groups is 3. The van der Waals surface area contributed by atoms with Gasteiger partial charge in [-0.15, -0.1) is 0 Å². The standard InChI is InChI=1S/C10H16F3N3O4/c1-4(2)5(15-8(14)20)6(17)16-9(3,7(18)19)10(11,12)13/h4-5H,1-3H3,(H,16,17)(H,18,19)(H3,14,15,20). The second-order valence-electron chi connectivity index (χ2n) is 4.65. The molecule has 0 aromatic rings. The van der Waals surface area contributed by atoms with Crippen LogP contribution < -0.4 is 16.4 Å². The van der Waals surface area contributed by atoms with Crippen molar-refractivity contribution in [3.05, 3.63) is 0 Å². The molecule has 0 aliphatic heterocycles. The molecule has 0 saturated heterocycles. The lowest BCUT2D eigenvalue weighted by atomic mass is 9.98. The van der Waals surface area contributed by atoms with E-state index in [1.165, 1.54) is 19.2 Å². The molecule has 0 fully saturated rings. The van der Waals surface area contributed by atoms with Crippen molar-refractivity contribution in [2.75, 3.05) is 0 Å². The Balaban J connectivity index is 5.28. The number of nitrogens with one attached hydrogen (secondary N) is 2. The summed E-state index contributed by atoms with van der Waals surface area (Å²) < 4.78 is 38.2. The van der Waals surface area contributed by atoms with Gasteiger partial charge < -0.3 is 21.5 Å². The molecular weight excluding hydrogens is 283 g/mol. The monoisotopic (exact) mass is 299 g/mol. The van der Waals surface area contributed by atoms with E-state index < -0.39 is 41.6 Å². The highest BCUT2D eigenvalue weighted by molar-refractivity contribution is 5.92.